The maximum absolute atomic E-state index is 2.55. The summed E-state index contributed by atoms with van der Waals surface area (Å²) in [5, 5.41) is 0. The highest BCUT2D eigenvalue weighted by atomic mass is 15.2. The molecule has 74 heavy (non-hydrogen) atoms. The minimum atomic E-state index is -0.219. The predicted octanol–water partition coefficient (Wildman–Crippen LogP) is 19.9. The number of nitrogens with zero attached hydrogens (tertiary/aromatic N) is 2. The van der Waals surface area contributed by atoms with Crippen molar-refractivity contribution in [2.75, 3.05) is 9.80 Å². The summed E-state index contributed by atoms with van der Waals surface area (Å²) in [7, 11) is 0. The Bertz CT molecular complexity index is 3910. The number of hydrogen-bond acceptors (Lipinski definition) is 2. The van der Waals surface area contributed by atoms with Gasteiger partial charge in [0.05, 0.1) is 11.4 Å². The molecule has 2 nitrogen and oxygen atoms in total. The van der Waals surface area contributed by atoms with Crippen molar-refractivity contribution in [1.29, 1.82) is 0 Å². The number of anilines is 6. The van der Waals surface area contributed by atoms with Crippen LogP contribution in [0.5, 0.6) is 0 Å². The predicted molar refractivity (Wildman–Crippen MR) is 312 cm³/mol. The molecule has 0 N–H and O–H groups in total. The van der Waals surface area contributed by atoms with E-state index in [1.165, 1.54) is 112 Å². The smallest absolute Gasteiger partial charge is 0.0506 e. The van der Waals surface area contributed by atoms with Gasteiger partial charge >= 0.3 is 0 Å². The third-order valence-corrected chi connectivity index (χ3v) is 16.4. The second kappa shape index (κ2) is 16.8. The summed E-state index contributed by atoms with van der Waals surface area (Å²) >= 11 is 0. The Morgan fingerprint density at radius 1 is 0.257 bits per heavy atom. The van der Waals surface area contributed by atoms with E-state index in [4.69, 9.17) is 0 Å². The van der Waals surface area contributed by atoms with E-state index < -0.39 is 0 Å². The Hall–Kier alpha value is -8.98. The van der Waals surface area contributed by atoms with Gasteiger partial charge in [-0.25, -0.2) is 0 Å². The lowest BCUT2D eigenvalue weighted by Crippen LogP contribution is -2.31. The Kier molecular flexibility index (Phi) is 9.94. The van der Waals surface area contributed by atoms with Gasteiger partial charge in [-0.2, -0.15) is 0 Å². The van der Waals surface area contributed by atoms with Crippen LogP contribution < -0.4 is 9.80 Å². The molecule has 0 amide bonds. The van der Waals surface area contributed by atoms with E-state index in [9.17, 15) is 0 Å². The lowest BCUT2D eigenvalue weighted by atomic mass is 9.71. The fraction of sp³-hybridized carbons (Fsp3) is 0.0833. The summed E-state index contributed by atoms with van der Waals surface area (Å²) in [4.78, 5) is 4.96. The van der Waals surface area contributed by atoms with Crippen LogP contribution in [0.2, 0.25) is 0 Å². The Balaban J connectivity index is 0.935. The van der Waals surface area contributed by atoms with Gasteiger partial charge in [0.15, 0.2) is 0 Å². The van der Waals surface area contributed by atoms with Gasteiger partial charge in [-0.1, -0.05) is 216 Å². The van der Waals surface area contributed by atoms with E-state index in [1.807, 2.05) is 0 Å². The molecule has 0 unspecified atom stereocenters. The van der Waals surface area contributed by atoms with E-state index in [0.29, 0.717) is 0 Å². The zero-order valence-corrected chi connectivity index (χ0v) is 42.1. The van der Waals surface area contributed by atoms with Crippen molar-refractivity contribution in [2.24, 2.45) is 0 Å². The van der Waals surface area contributed by atoms with Gasteiger partial charge in [0.25, 0.3) is 0 Å². The van der Waals surface area contributed by atoms with Gasteiger partial charge in [-0.3, -0.25) is 0 Å². The fourth-order valence-corrected chi connectivity index (χ4v) is 12.7. The molecule has 3 aliphatic rings. The van der Waals surface area contributed by atoms with E-state index >= 15 is 0 Å². The second-order valence-corrected chi connectivity index (χ2v) is 21.3. The van der Waals surface area contributed by atoms with Gasteiger partial charge in [-0.15, -0.1) is 0 Å². The van der Waals surface area contributed by atoms with Crippen LogP contribution in [0.3, 0.4) is 0 Å². The average molecular weight is 947 g/mol. The van der Waals surface area contributed by atoms with Gasteiger partial charge < -0.3 is 9.80 Å². The molecule has 0 fully saturated rings. The highest BCUT2D eigenvalue weighted by molar-refractivity contribution is 6.05. The van der Waals surface area contributed by atoms with Crippen LogP contribution in [0.4, 0.5) is 34.1 Å². The summed E-state index contributed by atoms with van der Waals surface area (Å²) in [6.45, 7) is 9.58. The third kappa shape index (κ3) is 6.78. The second-order valence-electron chi connectivity index (χ2n) is 21.3. The number of para-hydroxylation sites is 1. The van der Waals surface area contributed by atoms with Crippen molar-refractivity contribution in [2.45, 2.75) is 38.5 Å². The molecule has 2 aliphatic carbocycles. The minimum Gasteiger partial charge on any atom is -0.310 e. The van der Waals surface area contributed by atoms with Crippen LogP contribution in [0.15, 0.2) is 255 Å². The number of hydrogen-bond donors (Lipinski definition) is 0. The first-order chi connectivity index (χ1) is 36.2. The SMILES string of the molecule is CC1(C)c2ccccc2-c2cc3c(cc21)N(c1ccc2c(c1)-c1ccccc1-c1ccc(N(c4ccc(-c5ccccc5)cc4)c4ccc(-c5ccccc5)cc4)cc1-c1ccccc1-2)c1ccccc1C3(C)C. The van der Waals surface area contributed by atoms with Crippen LogP contribution in [0, 0.1) is 0 Å². The van der Waals surface area contributed by atoms with Crippen molar-refractivity contribution in [3.8, 4) is 77.9 Å². The molecular weight excluding hydrogens is 893 g/mol. The Labute approximate surface area is 435 Å². The van der Waals surface area contributed by atoms with Gasteiger partial charge in [0, 0.05) is 33.6 Å². The molecule has 11 aromatic rings. The van der Waals surface area contributed by atoms with Gasteiger partial charge in [0.2, 0.25) is 0 Å². The number of benzene rings is 11. The van der Waals surface area contributed by atoms with Crippen LogP contribution in [-0.2, 0) is 10.8 Å². The molecule has 0 radical (unpaired) electrons. The van der Waals surface area contributed by atoms with Crippen molar-refractivity contribution in [3.05, 3.63) is 277 Å². The zero-order valence-electron chi connectivity index (χ0n) is 42.1. The normalized spacial score (nSPS) is 13.9. The van der Waals surface area contributed by atoms with Crippen LogP contribution in [0.1, 0.15) is 49.9 Å². The lowest BCUT2D eigenvalue weighted by Gasteiger charge is -2.43. The first kappa shape index (κ1) is 43.8. The number of fused-ring (bicyclic) bond motifs is 13. The van der Waals surface area contributed by atoms with E-state index in [1.54, 1.807) is 0 Å². The molecule has 0 aromatic heterocycles. The molecule has 0 bridgehead atoms. The Morgan fingerprint density at radius 3 is 1.26 bits per heavy atom. The van der Waals surface area contributed by atoms with Gasteiger partial charge in [0.1, 0.15) is 0 Å². The van der Waals surface area contributed by atoms with E-state index in [0.717, 1.165) is 22.7 Å². The average Bonchev–Trinajstić information content (AvgIpc) is 3.69. The Morgan fingerprint density at radius 2 is 0.676 bits per heavy atom. The van der Waals surface area contributed by atoms with Gasteiger partial charge in [-0.05, 0) is 167 Å². The summed E-state index contributed by atoms with van der Waals surface area (Å²) in [5.41, 5.74) is 29.2. The van der Waals surface area contributed by atoms with E-state index in [2.05, 4.69) is 292 Å². The molecule has 0 saturated heterocycles. The maximum Gasteiger partial charge on any atom is 0.0506 e. The van der Waals surface area contributed by atoms with Crippen molar-refractivity contribution < 1.29 is 0 Å². The van der Waals surface area contributed by atoms with Crippen molar-refractivity contribution in [3.63, 3.8) is 0 Å². The minimum absolute atomic E-state index is 0.132. The summed E-state index contributed by atoms with van der Waals surface area (Å²) in [5.74, 6) is 0. The first-order valence-corrected chi connectivity index (χ1v) is 26.0. The standard InChI is InChI=1S/C72H54N2/c1-71(2)65-28-16-15-27-61(65)64-45-68-70(46-67(64)71)74(69-30-18-17-29-66(69)72(68,3)4)54-40-42-60-55-23-11-13-25-57(55)62-43-53(39-41-59(62)56-24-12-14-26-58(56)63(60)44-54)73(51-35-31-49(32-36-51)47-19-7-5-8-20-47)52-37-33-50(34-38-52)48-21-9-6-10-22-48/h5-46H,1-4H3. The molecule has 352 valence electrons. The molecule has 11 aromatic carbocycles. The van der Waals surface area contributed by atoms with Crippen molar-refractivity contribution in [1.82, 2.24) is 0 Å². The first-order valence-electron chi connectivity index (χ1n) is 26.0. The van der Waals surface area contributed by atoms with Crippen LogP contribution in [0.25, 0.3) is 77.9 Å². The molecule has 1 heterocycles. The molecule has 2 heteroatoms. The van der Waals surface area contributed by atoms with Crippen LogP contribution >= 0.6 is 0 Å². The third-order valence-electron chi connectivity index (χ3n) is 16.4. The highest BCUT2D eigenvalue weighted by Gasteiger charge is 2.42. The van der Waals surface area contributed by atoms with Crippen LogP contribution in [-0.4, -0.2) is 0 Å². The molecule has 0 saturated carbocycles. The zero-order chi connectivity index (χ0) is 49.7. The maximum atomic E-state index is 2.55. The summed E-state index contributed by atoms with van der Waals surface area (Å²) in [6.07, 6.45) is 0. The molecule has 1 aliphatic heterocycles. The molecular formula is C72H54N2. The molecule has 14 rings (SSSR count). The summed E-state index contributed by atoms with van der Waals surface area (Å²) in [6, 6.07) is 94.8. The van der Waals surface area contributed by atoms with E-state index in [-0.39, 0.29) is 10.8 Å². The largest absolute Gasteiger partial charge is 0.310 e. The quantitative estimate of drug-likeness (QED) is 0.164. The fourth-order valence-electron chi connectivity index (χ4n) is 12.7. The lowest BCUT2D eigenvalue weighted by molar-refractivity contribution is 0.627. The topological polar surface area (TPSA) is 6.48 Å². The van der Waals surface area contributed by atoms with Crippen molar-refractivity contribution >= 4 is 34.1 Å². The monoisotopic (exact) mass is 946 g/mol. The number of rotatable bonds is 6. The molecule has 0 atom stereocenters. The highest BCUT2D eigenvalue weighted by Crippen LogP contribution is 2.59. The molecule has 0 spiro atoms. The summed E-state index contributed by atoms with van der Waals surface area (Å²) < 4.78 is 0.